The molecule has 0 aliphatic carbocycles. The van der Waals surface area contributed by atoms with Crippen LogP contribution in [0.4, 0.5) is 0 Å². The SMILES string of the molecule is Cc1ccccc1CC1S/C(=N/N=Cc2cn(-c3ccccc3)nc2-c2ccccc2)NC1=O. The van der Waals surface area contributed by atoms with E-state index in [1.54, 1.807) is 6.21 Å². The van der Waals surface area contributed by atoms with Gasteiger partial charge in [-0.1, -0.05) is 84.6 Å². The van der Waals surface area contributed by atoms with E-state index in [2.05, 4.69) is 34.6 Å². The summed E-state index contributed by atoms with van der Waals surface area (Å²) in [5, 5.41) is 16.5. The van der Waals surface area contributed by atoms with Gasteiger partial charge in [-0.2, -0.15) is 10.2 Å². The zero-order valence-corrected chi connectivity index (χ0v) is 19.4. The first-order chi connectivity index (χ1) is 16.7. The lowest BCUT2D eigenvalue weighted by molar-refractivity contribution is -0.118. The lowest BCUT2D eigenvalue weighted by Gasteiger charge is -2.07. The molecule has 1 aliphatic heterocycles. The molecule has 1 atom stereocenters. The maximum absolute atomic E-state index is 12.5. The summed E-state index contributed by atoms with van der Waals surface area (Å²) in [7, 11) is 0. The van der Waals surface area contributed by atoms with Crippen LogP contribution in [0.15, 0.2) is 101 Å². The lowest BCUT2D eigenvalue weighted by Crippen LogP contribution is -2.26. The smallest absolute Gasteiger partial charge is 0.239 e. The fourth-order valence-electron chi connectivity index (χ4n) is 3.78. The zero-order valence-electron chi connectivity index (χ0n) is 18.6. The number of amidine groups is 1. The van der Waals surface area contributed by atoms with Gasteiger partial charge < -0.3 is 5.32 Å². The van der Waals surface area contributed by atoms with Crippen molar-refractivity contribution in [1.29, 1.82) is 0 Å². The van der Waals surface area contributed by atoms with Crippen LogP contribution in [0.25, 0.3) is 16.9 Å². The topological polar surface area (TPSA) is 71.6 Å². The summed E-state index contributed by atoms with van der Waals surface area (Å²) in [6.07, 6.45) is 4.28. The van der Waals surface area contributed by atoms with E-state index < -0.39 is 0 Å². The molecule has 1 N–H and O–H groups in total. The minimum atomic E-state index is -0.212. The summed E-state index contributed by atoms with van der Waals surface area (Å²) >= 11 is 1.41. The number of nitrogens with zero attached hydrogens (tertiary/aromatic N) is 4. The van der Waals surface area contributed by atoms with Crippen LogP contribution in [-0.2, 0) is 11.2 Å². The van der Waals surface area contributed by atoms with Crippen molar-refractivity contribution < 1.29 is 4.79 Å². The molecule has 7 heteroatoms. The standard InChI is InChI=1S/C27H23N5OS/c1-19-10-8-9-13-21(19)16-24-26(33)29-27(34-24)30-28-17-22-18-32(23-14-6-3-7-15-23)31-25(22)20-11-4-2-5-12-20/h2-15,17-18,24H,16H2,1H3,(H,29,30,33). The number of para-hydroxylation sites is 1. The number of amides is 1. The Hall–Kier alpha value is -3.97. The Kier molecular flexibility index (Phi) is 6.35. The molecule has 1 unspecified atom stereocenters. The quantitative estimate of drug-likeness (QED) is 0.321. The number of aryl methyl sites for hydroxylation is 1. The third-order valence-electron chi connectivity index (χ3n) is 5.60. The van der Waals surface area contributed by atoms with E-state index in [1.807, 2.05) is 83.7 Å². The van der Waals surface area contributed by atoms with Gasteiger partial charge in [0.05, 0.1) is 17.2 Å². The summed E-state index contributed by atoms with van der Waals surface area (Å²) in [5.74, 6) is -0.0379. The first-order valence-electron chi connectivity index (χ1n) is 11.0. The highest BCUT2D eigenvalue weighted by Crippen LogP contribution is 2.25. The largest absolute Gasteiger partial charge is 0.303 e. The molecule has 3 aromatic carbocycles. The van der Waals surface area contributed by atoms with E-state index in [9.17, 15) is 4.79 Å². The molecule has 1 fully saturated rings. The van der Waals surface area contributed by atoms with Crippen LogP contribution in [0, 0.1) is 6.92 Å². The maximum Gasteiger partial charge on any atom is 0.239 e. The Balaban J connectivity index is 1.37. The number of benzene rings is 3. The number of hydrogen-bond acceptors (Lipinski definition) is 5. The van der Waals surface area contributed by atoms with Gasteiger partial charge in [-0.3, -0.25) is 4.79 Å². The number of carbonyl (C=O) groups excluding carboxylic acids is 1. The minimum Gasteiger partial charge on any atom is -0.303 e. The van der Waals surface area contributed by atoms with Crippen LogP contribution in [0.1, 0.15) is 16.7 Å². The molecule has 1 amide bonds. The molecule has 4 aromatic rings. The molecule has 5 rings (SSSR count). The predicted molar refractivity (Wildman–Crippen MR) is 138 cm³/mol. The Morgan fingerprint density at radius 1 is 1.00 bits per heavy atom. The molecule has 0 radical (unpaired) electrons. The van der Waals surface area contributed by atoms with Gasteiger partial charge in [0, 0.05) is 17.3 Å². The molecule has 6 nitrogen and oxygen atoms in total. The first-order valence-corrected chi connectivity index (χ1v) is 11.9. The number of rotatable bonds is 6. The summed E-state index contributed by atoms with van der Waals surface area (Å²) in [5.41, 5.74) is 5.96. The minimum absolute atomic E-state index is 0.0379. The second-order valence-electron chi connectivity index (χ2n) is 7.96. The van der Waals surface area contributed by atoms with Gasteiger partial charge in [-0.05, 0) is 36.6 Å². The third-order valence-corrected chi connectivity index (χ3v) is 6.67. The highest BCUT2D eigenvalue weighted by molar-refractivity contribution is 8.15. The second-order valence-corrected chi connectivity index (χ2v) is 9.15. The Morgan fingerprint density at radius 2 is 1.71 bits per heavy atom. The van der Waals surface area contributed by atoms with Gasteiger partial charge in [-0.15, -0.1) is 5.10 Å². The fraction of sp³-hybridized carbons (Fsp3) is 0.111. The van der Waals surface area contributed by atoms with Gasteiger partial charge >= 0.3 is 0 Å². The summed E-state index contributed by atoms with van der Waals surface area (Å²) in [4.78, 5) is 12.5. The van der Waals surface area contributed by atoms with Crippen LogP contribution < -0.4 is 5.32 Å². The van der Waals surface area contributed by atoms with Crippen molar-refractivity contribution in [1.82, 2.24) is 15.1 Å². The van der Waals surface area contributed by atoms with Crippen LogP contribution in [0.3, 0.4) is 0 Å². The van der Waals surface area contributed by atoms with Crippen molar-refractivity contribution >= 4 is 29.1 Å². The number of aromatic nitrogens is 2. The lowest BCUT2D eigenvalue weighted by atomic mass is 10.0. The molecule has 1 saturated heterocycles. The third kappa shape index (κ3) is 4.84. The van der Waals surface area contributed by atoms with Crippen molar-refractivity contribution in [3.63, 3.8) is 0 Å². The number of nitrogens with one attached hydrogen (secondary N) is 1. The van der Waals surface area contributed by atoms with Crippen LogP contribution in [0.2, 0.25) is 0 Å². The summed E-state index contributed by atoms with van der Waals surface area (Å²) in [6.45, 7) is 2.06. The van der Waals surface area contributed by atoms with Gasteiger partial charge in [-0.25, -0.2) is 4.68 Å². The molecular weight excluding hydrogens is 442 g/mol. The van der Waals surface area contributed by atoms with Crippen LogP contribution in [0.5, 0.6) is 0 Å². The average Bonchev–Trinajstić information content (AvgIpc) is 3.45. The fourth-order valence-corrected chi connectivity index (χ4v) is 4.74. The number of thioether (sulfide) groups is 1. The van der Waals surface area contributed by atoms with Crippen molar-refractivity contribution in [3.05, 3.63) is 108 Å². The Bertz CT molecular complexity index is 1360. The molecule has 0 saturated carbocycles. The zero-order chi connectivity index (χ0) is 23.3. The highest BCUT2D eigenvalue weighted by Gasteiger charge is 2.30. The first kappa shape index (κ1) is 21.9. The Morgan fingerprint density at radius 3 is 2.47 bits per heavy atom. The molecule has 2 heterocycles. The van der Waals surface area contributed by atoms with Gasteiger partial charge in [0.1, 0.15) is 5.69 Å². The van der Waals surface area contributed by atoms with E-state index in [0.29, 0.717) is 11.6 Å². The molecule has 34 heavy (non-hydrogen) atoms. The second kappa shape index (κ2) is 9.89. The van der Waals surface area contributed by atoms with E-state index in [1.165, 1.54) is 22.9 Å². The monoisotopic (exact) mass is 465 g/mol. The number of carbonyl (C=O) groups is 1. The summed E-state index contributed by atoms with van der Waals surface area (Å²) in [6, 6.07) is 28.0. The van der Waals surface area contributed by atoms with E-state index in [4.69, 9.17) is 5.10 Å². The van der Waals surface area contributed by atoms with Crippen molar-refractivity contribution in [2.24, 2.45) is 10.2 Å². The summed E-state index contributed by atoms with van der Waals surface area (Å²) < 4.78 is 1.83. The van der Waals surface area contributed by atoms with E-state index in [0.717, 1.165) is 22.5 Å². The molecule has 1 aliphatic rings. The van der Waals surface area contributed by atoms with Crippen molar-refractivity contribution in [3.8, 4) is 16.9 Å². The van der Waals surface area contributed by atoms with Crippen LogP contribution in [-0.4, -0.2) is 32.3 Å². The average molecular weight is 466 g/mol. The van der Waals surface area contributed by atoms with E-state index >= 15 is 0 Å². The Labute approximate surface area is 202 Å². The molecular formula is C27H23N5OS. The normalized spacial score (nSPS) is 16.9. The molecule has 0 bridgehead atoms. The molecule has 0 spiro atoms. The van der Waals surface area contributed by atoms with Gasteiger partial charge in [0.2, 0.25) is 5.91 Å². The maximum atomic E-state index is 12.5. The van der Waals surface area contributed by atoms with Gasteiger partial charge in [0.25, 0.3) is 0 Å². The van der Waals surface area contributed by atoms with Crippen molar-refractivity contribution in [2.45, 2.75) is 18.6 Å². The van der Waals surface area contributed by atoms with Crippen molar-refractivity contribution in [2.75, 3.05) is 0 Å². The molecule has 1 aromatic heterocycles. The predicted octanol–water partition coefficient (Wildman–Crippen LogP) is 5.01. The molecule has 168 valence electrons. The van der Waals surface area contributed by atoms with Gasteiger partial charge in [0.15, 0.2) is 5.17 Å². The highest BCUT2D eigenvalue weighted by atomic mass is 32.2. The number of hydrogen-bond donors (Lipinski definition) is 1. The van der Waals surface area contributed by atoms with Crippen LogP contribution >= 0.6 is 11.8 Å². The van der Waals surface area contributed by atoms with E-state index in [-0.39, 0.29) is 11.2 Å².